The maximum absolute atomic E-state index is 13.1. The van der Waals surface area contributed by atoms with Gasteiger partial charge in [-0.1, -0.05) is 31.2 Å². The molecule has 4 nitrogen and oxygen atoms in total. The number of rotatable bonds is 2. The van der Waals surface area contributed by atoms with Gasteiger partial charge in [0, 0.05) is 28.8 Å². The number of benzene rings is 2. The number of H-pyrrole nitrogens is 1. The first-order valence-corrected chi connectivity index (χ1v) is 9.74. The topological polar surface area (TPSA) is 48.1 Å². The number of aromatic nitrogens is 1. The Kier molecular flexibility index (Phi) is 4.42. The number of nitrogens with one attached hydrogen (secondary N) is 2. The molecule has 0 aliphatic carbocycles. The van der Waals surface area contributed by atoms with Crippen LogP contribution in [0.4, 0.5) is 10.5 Å². The van der Waals surface area contributed by atoms with E-state index in [9.17, 15) is 4.79 Å². The molecule has 2 aromatic carbocycles. The molecular formula is C23H27N3O. The molecule has 1 aliphatic rings. The number of anilines is 1. The molecular weight excluding hydrogens is 334 g/mol. The van der Waals surface area contributed by atoms with Crippen LogP contribution in [0.1, 0.15) is 47.3 Å². The van der Waals surface area contributed by atoms with Gasteiger partial charge in [0.15, 0.2) is 0 Å². The van der Waals surface area contributed by atoms with Crippen LogP contribution < -0.4 is 5.32 Å². The van der Waals surface area contributed by atoms with Crippen molar-refractivity contribution in [1.82, 2.24) is 9.88 Å². The monoisotopic (exact) mass is 361 g/mol. The van der Waals surface area contributed by atoms with Crippen LogP contribution in [0, 0.1) is 20.8 Å². The lowest BCUT2D eigenvalue weighted by Gasteiger charge is -2.35. The van der Waals surface area contributed by atoms with Crippen LogP contribution in [0.25, 0.3) is 10.9 Å². The average molecular weight is 361 g/mol. The van der Waals surface area contributed by atoms with Crippen LogP contribution in [0.15, 0.2) is 36.4 Å². The number of aromatic amines is 1. The molecule has 0 saturated carbocycles. The first-order chi connectivity index (χ1) is 13.0. The molecule has 0 radical (unpaired) electrons. The van der Waals surface area contributed by atoms with Crippen LogP contribution in [-0.4, -0.2) is 22.5 Å². The Bertz CT molecular complexity index is 1020. The molecule has 27 heavy (non-hydrogen) atoms. The molecule has 1 aromatic heterocycles. The number of para-hydroxylation sites is 1. The van der Waals surface area contributed by atoms with Crippen molar-refractivity contribution >= 4 is 22.6 Å². The minimum absolute atomic E-state index is 0.0162. The number of urea groups is 1. The molecule has 1 atom stereocenters. The Morgan fingerprint density at radius 3 is 2.67 bits per heavy atom. The molecule has 0 spiro atoms. The molecule has 140 valence electrons. The molecule has 0 fully saturated rings. The van der Waals surface area contributed by atoms with E-state index in [-0.39, 0.29) is 12.1 Å². The van der Waals surface area contributed by atoms with E-state index < -0.39 is 0 Å². The lowest BCUT2D eigenvalue weighted by Crippen LogP contribution is -2.42. The van der Waals surface area contributed by atoms with E-state index in [1.807, 2.05) is 11.8 Å². The summed E-state index contributed by atoms with van der Waals surface area (Å²) in [6, 6.07) is 12.7. The van der Waals surface area contributed by atoms with E-state index in [0.717, 1.165) is 36.2 Å². The van der Waals surface area contributed by atoms with Crippen molar-refractivity contribution in [1.29, 1.82) is 0 Å². The maximum atomic E-state index is 13.1. The summed E-state index contributed by atoms with van der Waals surface area (Å²) in [4.78, 5) is 18.7. The predicted molar refractivity (Wildman–Crippen MR) is 111 cm³/mol. The van der Waals surface area contributed by atoms with Gasteiger partial charge in [0.25, 0.3) is 0 Å². The standard InChI is InChI=1S/C23H27N3O/c1-5-21-22-18(17-8-6-7-9-19(17)24-22)10-11-26(21)23(27)25-20-13-15(3)14(2)12-16(20)4/h6-9,12-13,21,24H,5,10-11H2,1-4H3,(H,25,27). The quantitative estimate of drug-likeness (QED) is 0.610. The highest BCUT2D eigenvalue weighted by Gasteiger charge is 2.32. The van der Waals surface area contributed by atoms with Gasteiger partial charge in [0.2, 0.25) is 0 Å². The third kappa shape index (κ3) is 2.99. The van der Waals surface area contributed by atoms with Gasteiger partial charge >= 0.3 is 6.03 Å². The van der Waals surface area contributed by atoms with Gasteiger partial charge in [-0.15, -0.1) is 0 Å². The lowest BCUT2D eigenvalue weighted by atomic mass is 9.96. The first kappa shape index (κ1) is 17.7. The highest BCUT2D eigenvalue weighted by atomic mass is 16.2. The smallest absolute Gasteiger partial charge is 0.322 e. The fourth-order valence-corrected chi connectivity index (χ4v) is 4.27. The van der Waals surface area contributed by atoms with Crippen molar-refractivity contribution in [3.8, 4) is 0 Å². The van der Waals surface area contributed by atoms with Crippen molar-refractivity contribution in [2.24, 2.45) is 0 Å². The second-order valence-corrected chi connectivity index (χ2v) is 7.61. The third-order valence-electron chi connectivity index (χ3n) is 5.89. The summed E-state index contributed by atoms with van der Waals surface area (Å²) in [5.41, 5.74) is 8.16. The molecule has 4 rings (SSSR count). The second-order valence-electron chi connectivity index (χ2n) is 7.61. The minimum Gasteiger partial charge on any atom is -0.356 e. The van der Waals surface area contributed by atoms with E-state index in [2.05, 4.69) is 67.5 Å². The number of carbonyl (C=O) groups is 1. The molecule has 2 heterocycles. The number of fused-ring (bicyclic) bond motifs is 3. The summed E-state index contributed by atoms with van der Waals surface area (Å²) < 4.78 is 0. The summed E-state index contributed by atoms with van der Waals surface area (Å²) in [5.74, 6) is 0. The number of amides is 2. The number of carbonyl (C=O) groups excluding carboxylic acids is 1. The fraction of sp³-hybridized carbons (Fsp3) is 0.348. The van der Waals surface area contributed by atoms with Gasteiger partial charge in [-0.05, 0) is 68.0 Å². The van der Waals surface area contributed by atoms with Crippen LogP contribution in [-0.2, 0) is 6.42 Å². The summed E-state index contributed by atoms with van der Waals surface area (Å²) >= 11 is 0. The van der Waals surface area contributed by atoms with E-state index >= 15 is 0 Å². The molecule has 3 aromatic rings. The van der Waals surface area contributed by atoms with E-state index in [1.54, 1.807) is 0 Å². The Morgan fingerprint density at radius 2 is 1.89 bits per heavy atom. The Balaban J connectivity index is 1.64. The predicted octanol–water partition coefficient (Wildman–Crippen LogP) is 5.63. The third-order valence-corrected chi connectivity index (χ3v) is 5.89. The molecule has 1 aliphatic heterocycles. The van der Waals surface area contributed by atoms with Gasteiger partial charge in [-0.2, -0.15) is 0 Å². The minimum atomic E-state index is -0.0162. The Morgan fingerprint density at radius 1 is 1.15 bits per heavy atom. The SMILES string of the molecule is CCC1c2[nH]c3ccccc3c2CCN1C(=O)Nc1cc(C)c(C)cc1C. The molecule has 4 heteroatoms. The summed E-state index contributed by atoms with van der Waals surface area (Å²) in [6.07, 6.45) is 1.77. The highest BCUT2D eigenvalue weighted by Crippen LogP contribution is 2.36. The van der Waals surface area contributed by atoms with E-state index in [0.29, 0.717) is 0 Å². The van der Waals surface area contributed by atoms with Gasteiger partial charge in [-0.3, -0.25) is 0 Å². The molecule has 1 unspecified atom stereocenters. The van der Waals surface area contributed by atoms with Crippen molar-refractivity contribution in [3.05, 3.63) is 64.3 Å². The number of hydrogen-bond donors (Lipinski definition) is 2. The number of hydrogen-bond acceptors (Lipinski definition) is 1. The lowest BCUT2D eigenvalue weighted by molar-refractivity contribution is 0.179. The normalized spacial score (nSPS) is 16.4. The molecule has 2 N–H and O–H groups in total. The summed E-state index contributed by atoms with van der Waals surface area (Å²) in [7, 11) is 0. The van der Waals surface area contributed by atoms with E-state index in [4.69, 9.17) is 0 Å². The van der Waals surface area contributed by atoms with Crippen molar-refractivity contribution in [2.45, 2.75) is 46.6 Å². The van der Waals surface area contributed by atoms with Crippen LogP contribution in [0.3, 0.4) is 0 Å². The largest absolute Gasteiger partial charge is 0.356 e. The van der Waals surface area contributed by atoms with E-state index in [1.165, 1.54) is 27.8 Å². The Hall–Kier alpha value is -2.75. The van der Waals surface area contributed by atoms with Crippen LogP contribution in [0.5, 0.6) is 0 Å². The first-order valence-electron chi connectivity index (χ1n) is 9.74. The molecule has 2 amide bonds. The zero-order chi connectivity index (χ0) is 19.1. The van der Waals surface area contributed by atoms with Gasteiger partial charge in [0.05, 0.1) is 6.04 Å². The Labute approximate surface area is 160 Å². The number of aryl methyl sites for hydroxylation is 3. The second kappa shape index (κ2) is 6.76. The maximum Gasteiger partial charge on any atom is 0.322 e. The highest BCUT2D eigenvalue weighted by molar-refractivity contribution is 5.92. The average Bonchev–Trinajstić information content (AvgIpc) is 3.04. The van der Waals surface area contributed by atoms with Crippen molar-refractivity contribution in [3.63, 3.8) is 0 Å². The van der Waals surface area contributed by atoms with Gasteiger partial charge < -0.3 is 15.2 Å². The number of nitrogens with zero attached hydrogens (tertiary/aromatic N) is 1. The van der Waals surface area contributed by atoms with Gasteiger partial charge in [0.1, 0.15) is 0 Å². The molecule has 0 saturated heterocycles. The van der Waals surface area contributed by atoms with Crippen LogP contribution in [0.2, 0.25) is 0 Å². The zero-order valence-electron chi connectivity index (χ0n) is 16.5. The van der Waals surface area contributed by atoms with Crippen molar-refractivity contribution < 1.29 is 4.79 Å². The zero-order valence-corrected chi connectivity index (χ0v) is 16.5. The summed E-state index contributed by atoms with van der Waals surface area (Å²) in [6.45, 7) is 9.11. The van der Waals surface area contributed by atoms with Crippen molar-refractivity contribution in [2.75, 3.05) is 11.9 Å². The molecule has 0 bridgehead atoms. The summed E-state index contributed by atoms with van der Waals surface area (Å²) in [5, 5.41) is 4.44. The van der Waals surface area contributed by atoms with Crippen LogP contribution >= 0.6 is 0 Å². The van der Waals surface area contributed by atoms with Gasteiger partial charge in [-0.25, -0.2) is 4.79 Å². The fourth-order valence-electron chi connectivity index (χ4n) is 4.27.